The van der Waals surface area contributed by atoms with Crippen LogP contribution in [0.2, 0.25) is 0 Å². The number of pyridine rings is 1. The van der Waals surface area contributed by atoms with E-state index in [1.54, 1.807) is 0 Å². The van der Waals surface area contributed by atoms with Crippen LogP contribution in [0.25, 0.3) is 39.0 Å². The van der Waals surface area contributed by atoms with E-state index in [2.05, 4.69) is 300 Å². The molecule has 0 spiro atoms. The average molecular weight is 1190 g/mol. The van der Waals surface area contributed by atoms with Gasteiger partial charge in [-0.05, 0) is 102 Å². The van der Waals surface area contributed by atoms with Gasteiger partial charge in [0.2, 0.25) is 0 Å². The standard InChI is InChI=1S/C71H74N4O.Pt/c1-66(2,3)51-31-34-62-61(42-51)60-33-32-58(45-63(60)75(62)65-43-52(35-36-72-65)67(4,5)6)76-59-41-55(71(14,15)50-29-23-18-24-30-50)38-56(44-59)73-46-64(68(7,8)9)74(47-73)57-39-53(69(10,11)48-25-19-16-20-26-48)37-54(40-57)70(12,13)49-27-21-17-22-28-49;/h16-43,46H,1-15H3;/q-2;. The van der Waals surface area contributed by atoms with Gasteiger partial charge in [0.15, 0.2) is 0 Å². The Morgan fingerprint density at radius 2 is 0.961 bits per heavy atom. The van der Waals surface area contributed by atoms with E-state index < -0.39 is 5.41 Å². The van der Waals surface area contributed by atoms with Crippen molar-refractivity contribution in [1.82, 2.24) is 14.1 Å². The fraction of sp³-hybridized carbons (Fsp3) is 0.296. The number of benzene rings is 7. The van der Waals surface area contributed by atoms with Crippen LogP contribution < -0.4 is 9.30 Å². The minimum atomic E-state index is -0.400. The first-order valence-corrected chi connectivity index (χ1v) is 26.9. The second-order valence-corrected chi connectivity index (χ2v) is 25.6. The molecule has 3 aromatic heterocycles. The maximum absolute atomic E-state index is 7.06. The first-order chi connectivity index (χ1) is 35.8. The molecule has 0 N–H and O–H groups in total. The van der Waals surface area contributed by atoms with Crippen molar-refractivity contribution in [2.45, 2.75) is 136 Å². The summed E-state index contributed by atoms with van der Waals surface area (Å²) in [5, 5.41) is 2.25. The fourth-order valence-corrected chi connectivity index (χ4v) is 10.6. The van der Waals surface area contributed by atoms with Crippen LogP contribution in [0.4, 0.5) is 0 Å². The summed E-state index contributed by atoms with van der Waals surface area (Å²) in [7, 11) is 0. The van der Waals surface area contributed by atoms with Crippen molar-refractivity contribution < 1.29 is 30.4 Å². The Hall–Kier alpha value is -6.81. The van der Waals surface area contributed by atoms with Crippen molar-refractivity contribution in [2.75, 3.05) is 0 Å². The molecule has 0 aliphatic rings. The molecule has 0 saturated heterocycles. The van der Waals surface area contributed by atoms with E-state index in [1.165, 1.54) is 38.9 Å². The predicted molar refractivity (Wildman–Crippen MR) is 314 cm³/mol. The van der Waals surface area contributed by atoms with E-state index in [0.29, 0.717) is 11.5 Å². The third-order valence-electron chi connectivity index (χ3n) is 16.0. The van der Waals surface area contributed by atoms with Crippen LogP contribution in [-0.4, -0.2) is 14.1 Å². The predicted octanol–water partition coefficient (Wildman–Crippen LogP) is 17.3. The van der Waals surface area contributed by atoms with Gasteiger partial charge in [-0.25, -0.2) is 4.98 Å². The molecule has 10 aromatic rings. The van der Waals surface area contributed by atoms with Gasteiger partial charge in [0, 0.05) is 61.3 Å². The van der Waals surface area contributed by atoms with Crippen LogP contribution in [0.3, 0.4) is 0 Å². The van der Waals surface area contributed by atoms with Gasteiger partial charge in [-0.15, -0.1) is 35.2 Å². The largest absolute Gasteiger partial charge is 0.510 e. The molecule has 3 heterocycles. The van der Waals surface area contributed by atoms with E-state index in [0.717, 1.165) is 50.3 Å². The smallest absolute Gasteiger partial charge is 0.267 e. The topological polar surface area (TPSA) is 35.9 Å². The summed E-state index contributed by atoms with van der Waals surface area (Å²) in [5.74, 6) is 2.02. The number of aromatic nitrogens is 4. The van der Waals surface area contributed by atoms with Gasteiger partial charge in [0.25, 0.3) is 6.33 Å². The number of rotatable bonds is 11. The maximum atomic E-state index is 7.06. The van der Waals surface area contributed by atoms with Gasteiger partial charge in [-0.1, -0.05) is 219 Å². The summed E-state index contributed by atoms with van der Waals surface area (Å²) in [5.41, 5.74) is 13.4. The molecule has 396 valence electrons. The SMILES string of the molecule is CC(C)(C)c1ccnc(-n2c3[c-]c(Oc4[c-]c(-n5[c-][n+](-c6cc(C(C)(C)c7ccccc7)cc(C(C)(C)c7ccccc7)c6)c(C(C)(C)C)c5)cc(C(C)(C)c5ccccc5)c4)ccc3c3cc(C(C)(C)C)ccc32)c1.[Pt]. The second-order valence-electron chi connectivity index (χ2n) is 25.6. The summed E-state index contributed by atoms with van der Waals surface area (Å²) in [6.45, 7) is 34.3. The van der Waals surface area contributed by atoms with E-state index in [-0.39, 0.29) is 48.1 Å². The Bertz CT molecular complexity index is 3680. The zero-order chi connectivity index (χ0) is 54.2. The summed E-state index contributed by atoms with van der Waals surface area (Å²) in [6.07, 6.45) is 8.04. The number of hydrogen-bond acceptors (Lipinski definition) is 2. The first kappa shape index (κ1) is 55.0. The van der Waals surface area contributed by atoms with Gasteiger partial charge < -0.3 is 13.9 Å². The van der Waals surface area contributed by atoms with Crippen molar-refractivity contribution >= 4 is 21.8 Å². The van der Waals surface area contributed by atoms with Gasteiger partial charge in [0.1, 0.15) is 5.82 Å². The van der Waals surface area contributed by atoms with Crippen LogP contribution >= 0.6 is 0 Å². The molecule has 6 heteroatoms. The number of fused-ring (bicyclic) bond motifs is 3. The van der Waals surface area contributed by atoms with Crippen LogP contribution in [0.15, 0.2) is 176 Å². The Morgan fingerprint density at radius 1 is 0.442 bits per heavy atom. The minimum Gasteiger partial charge on any atom is -0.510 e. The Kier molecular flexibility index (Phi) is 14.4. The Balaban J connectivity index is 0.00000722. The van der Waals surface area contributed by atoms with Gasteiger partial charge >= 0.3 is 0 Å². The molecule has 0 atom stereocenters. The Labute approximate surface area is 473 Å². The normalized spacial score (nSPS) is 12.8. The second kappa shape index (κ2) is 20.2. The molecular formula is C71H74N4OPt-2. The van der Waals surface area contributed by atoms with E-state index >= 15 is 0 Å². The molecule has 0 unspecified atom stereocenters. The van der Waals surface area contributed by atoms with Gasteiger partial charge in [-0.2, -0.15) is 12.1 Å². The molecule has 0 amide bonds. The Morgan fingerprint density at radius 3 is 1.48 bits per heavy atom. The summed E-state index contributed by atoms with van der Waals surface area (Å²) < 4.78 is 13.7. The molecule has 0 radical (unpaired) electrons. The molecule has 5 nitrogen and oxygen atoms in total. The fourth-order valence-electron chi connectivity index (χ4n) is 10.6. The van der Waals surface area contributed by atoms with Crippen molar-refractivity contribution in [1.29, 1.82) is 0 Å². The molecule has 10 rings (SSSR count). The maximum Gasteiger partial charge on any atom is 0.267 e. The summed E-state index contributed by atoms with van der Waals surface area (Å²) in [6, 6.07) is 66.9. The number of ether oxygens (including phenoxy) is 1. The number of nitrogens with zero attached hydrogens (tertiary/aromatic N) is 4. The zero-order valence-corrected chi connectivity index (χ0v) is 50.0. The molecular weight excluding hydrogens is 1120 g/mol. The first-order valence-electron chi connectivity index (χ1n) is 26.9. The molecule has 0 bridgehead atoms. The van der Waals surface area contributed by atoms with Crippen LogP contribution in [0.1, 0.15) is 154 Å². The van der Waals surface area contributed by atoms with Crippen molar-refractivity contribution in [2.24, 2.45) is 0 Å². The number of hydrogen-bond donors (Lipinski definition) is 0. The molecule has 0 aliphatic heterocycles. The average Bonchev–Trinajstić information content (AvgIpc) is 4.01. The van der Waals surface area contributed by atoms with E-state index in [4.69, 9.17) is 9.72 Å². The van der Waals surface area contributed by atoms with E-state index in [1.807, 2.05) is 12.3 Å². The molecule has 0 aliphatic carbocycles. The molecule has 7 aromatic carbocycles. The third kappa shape index (κ3) is 10.7. The van der Waals surface area contributed by atoms with Crippen LogP contribution in [-0.2, 0) is 53.6 Å². The third-order valence-corrected chi connectivity index (χ3v) is 16.0. The minimum absolute atomic E-state index is 0. The summed E-state index contributed by atoms with van der Waals surface area (Å²) in [4.78, 5) is 4.99. The summed E-state index contributed by atoms with van der Waals surface area (Å²) >= 11 is 0. The van der Waals surface area contributed by atoms with Crippen LogP contribution in [0, 0.1) is 18.5 Å². The molecule has 77 heavy (non-hydrogen) atoms. The van der Waals surface area contributed by atoms with Crippen molar-refractivity contribution in [3.63, 3.8) is 0 Å². The van der Waals surface area contributed by atoms with Gasteiger partial charge in [0.05, 0.1) is 11.4 Å². The van der Waals surface area contributed by atoms with Crippen LogP contribution in [0.5, 0.6) is 11.5 Å². The molecule has 0 fully saturated rings. The molecule has 0 saturated carbocycles. The van der Waals surface area contributed by atoms with Gasteiger partial charge in [-0.3, -0.25) is 4.57 Å². The number of imidazole rings is 1. The monoisotopic (exact) mass is 1190 g/mol. The van der Waals surface area contributed by atoms with E-state index in [9.17, 15) is 0 Å². The zero-order valence-electron chi connectivity index (χ0n) is 47.8. The quantitative estimate of drug-likeness (QED) is 0.0956. The van der Waals surface area contributed by atoms with Crippen molar-refractivity contribution in [3.05, 3.63) is 245 Å². The van der Waals surface area contributed by atoms with Crippen molar-refractivity contribution in [3.8, 4) is 28.7 Å².